The van der Waals surface area contributed by atoms with Crippen molar-refractivity contribution in [1.82, 2.24) is 5.32 Å². The van der Waals surface area contributed by atoms with E-state index in [0.717, 1.165) is 0 Å². The molecule has 2 atom stereocenters. The molecule has 0 aromatic heterocycles. The van der Waals surface area contributed by atoms with E-state index in [1.165, 1.54) is 0 Å². The fourth-order valence-corrected chi connectivity index (χ4v) is 2.16. The zero-order chi connectivity index (χ0) is 16.1. The number of carbonyl (C=O) groups excluding carboxylic acids is 2. The van der Waals surface area contributed by atoms with Gasteiger partial charge >= 0.3 is 5.97 Å². The highest BCUT2D eigenvalue weighted by molar-refractivity contribution is 6.30. The van der Waals surface area contributed by atoms with Crippen LogP contribution in [0.5, 0.6) is 0 Å². The molecule has 2 amide bonds. The van der Waals surface area contributed by atoms with Crippen molar-refractivity contribution in [3.05, 3.63) is 29.3 Å². The predicted molar refractivity (Wildman–Crippen MR) is 78.6 cm³/mol. The molecule has 22 heavy (non-hydrogen) atoms. The molecule has 0 bridgehead atoms. The number of halogens is 1. The Labute approximate surface area is 131 Å². The minimum absolute atomic E-state index is 0.223. The molecule has 0 saturated carbocycles. The molecular formula is C14H15ClN2O5. The first kappa shape index (κ1) is 16.3. The van der Waals surface area contributed by atoms with Crippen molar-refractivity contribution in [3.63, 3.8) is 0 Å². The standard InChI is InChI=1S/C14H15ClN2O5/c15-8-1-3-9(4-2-8)17-12(18)7-16-13(19)10-5-6-11(22-10)14(20)21/h1-4,10-11H,5-7H2,(H,16,19)(H,17,18)(H,20,21)/t10-,11+/m0/s1. The fourth-order valence-electron chi connectivity index (χ4n) is 2.03. The SMILES string of the molecule is O=C(CNC(=O)[C@@H]1CC[C@H](C(=O)O)O1)Nc1ccc(Cl)cc1. The lowest BCUT2D eigenvalue weighted by Gasteiger charge is -2.12. The second-order valence-electron chi connectivity index (χ2n) is 4.80. The summed E-state index contributed by atoms with van der Waals surface area (Å²) in [5, 5.41) is 14.4. The molecule has 118 valence electrons. The van der Waals surface area contributed by atoms with Crippen LogP contribution in [0.25, 0.3) is 0 Å². The highest BCUT2D eigenvalue weighted by Gasteiger charge is 2.34. The third-order valence-electron chi connectivity index (χ3n) is 3.14. The summed E-state index contributed by atoms with van der Waals surface area (Å²) < 4.78 is 5.09. The Balaban J connectivity index is 1.75. The van der Waals surface area contributed by atoms with Gasteiger partial charge < -0.3 is 20.5 Å². The van der Waals surface area contributed by atoms with Crippen LogP contribution in [-0.2, 0) is 19.1 Å². The highest BCUT2D eigenvalue weighted by atomic mass is 35.5. The summed E-state index contributed by atoms with van der Waals surface area (Å²) in [6, 6.07) is 6.54. The van der Waals surface area contributed by atoms with Gasteiger partial charge in [0.05, 0.1) is 6.54 Å². The summed E-state index contributed by atoms with van der Waals surface area (Å²) in [7, 11) is 0. The summed E-state index contributed by atoms with van der Waals surface area (Å²) in [6.45, 7) is -0.223. The van der Waals surface area contributed by atoms with Gasteiger partial charge in [-0.2, -0.15) is 0 Å². The third-order valence-corrected chi connectivity index (χ3v) is 3.39. The van der Waals surface area contributed by atoms with E-state index in [1.807, 2.05) is 0 Å². The van der Waals surface area contributed by atoms with Crippen molar-refractivity contribution in [1.29, 1.82) is 0 Å². The van der Waals surface area contributed by atoms with Gasteiger partial charge in [-0.25, -0.2) is 4.79 Å². The Hall–Kier alpha value is -2.12. The summed E-state index contributed by atoms with van der Waals surface area (Å²) >= 11 is 5.73. The molecule has 8 heteroatoms. The molecule has 1 aromatic carbocycles. The Morgan fingerprint density at radius 1 is 1.18 bits per heavy atom. The maximum Gasteiger partial charge on any atom is 0.332 e. The normalized spacial score (nSPS) is 20.4. The summed E-state index contributed by atoms with van der Waals surface area (Å²) in [5.74, 6) is -1.98. The van der Waals surface area contributed by atoms with E-state index in [9.17, 15) is 14.4 Å². The maximum atomic E-state index is 11.8. The Morgan fingerprint density at radius 2 is 1.82 bits per heavy atom. The molecule has 0 spiro atoms. The van der Waals surface area contributed by atoms with Crippen molar-refractivity contribution in [2.24, 2.45) is 0 Å². The monoisotopic (exact) mass is 326 g/mol. The van der Waals surface area contributed by atoms with Gasteiger partial charge in [0.2, 0.25) is 11.8 Å². The lowest BCUT2D eigenvalue weighted by molar-refractivity contribution is -0.152. The minimum atomic E-state index is -1.09. The second-order valence-corrected chi connectivity index (χ2v) is 5.24. The quantitative estimate of drug-likeness (QED) is 0.749. The van der Waals surface area contributed by atoms with Crippen molar-refractivity contribution in [2.75, 3.05) is 11.9 Å². The summed E-state index contributed by atoms with van der Waals surface area (Å²) in [5.41, 5.74) is 0.562. The number of carboxylic acid groups (broad SMARTS) is 1. The third kappa shape index (κ3) is 4.44. The van der Waals surface area contributed by atoms with Crippen LogP contribution in [0.15, 0.2) is 24.3 Å². The van der Waals surface area contributed by atoms with Crippen molar-refractivity contribution in [2.45, 2.75) is 25.0 Å². The van der Waals surface area contributed by atoms with Gasteiger partial charge in [-0.05, 0) is 37.1 Å². The molecule has 3 N–H and O–H groups in total. The lowest BCUT2D eigenvalue weighted by atomic mass is 10.2. The first-order chi connectivity index (χ1) is 10.5. The van der Waals surface area contributed by atoms with Gasteiger partial charge in [0.1, 0.15) is 6.10 Å². The van der Waals surface area contributed by atoms with Crippen LogP contribution >= 0.6 is 11.6 Å². The van der Waals surface area contributed by atoms with E-state index < -0.39 is 30.0 Å². The molecule has 2 rings (SSSR count). The summed E-state index contributed by atoms with van der Waals surface area (Å²) in [6.07, 6.45) is -1.19. The number of hydrogen-bond donors (Lipinski definition) is 3. The first-order valence-corrected chi connectivity index (χ1v) is 7.05. The van der Waals surface area contributed by atoms with E-state index in [2.05, 4.69) is 10.6 Å². The first-order valence-electron chi connectivity index (χ1n) is 6.67. The molecule has 0 radical (unpaired) electrons. The molecule has 1 heterocycles. The van der Waals surface area contributed by atoms with E-state index in [0.29, 0.717) is 17.1 Å². The molecule has 1 saturated heterocycles. The van der Waals surface area contributed by atoms with Crippen LogP contribution in [0.2, 0.25) is 5.02 Å². The van der Waals surface area contributed by atoms with Gasteiger partial charge in [0, 0.05) is 10.7 Å². The molecule has 1 fully saturated rings. The van der Waals surface area contributed by atoms with Crippen LogP contribution < -0.4 is 10.6 Å². The van der Waals surface area contributed by atoms with E-state index in [4.69, 9.17) is 21.4 Å². The number of amides is 2. The van der Waals surface area contributed by atoms with Gasteiger partial charge in [-0.3, -0.25) is 9.59 Å². The number of rotatable bonds is 5. The molecule has 1 aliphatic rings. The Kier molecular flexibility index (Phi) is 5.35. The highest BCUT2D eigenvalue weighted by Crippen LogP contribution is 2.19. The summed E-state index contributed by atoms with van der Waals surface area (Å²) in [4.78, 5) is 34.2. The number of carboxylic acids is 1. The molecular weight excluding hydrogens is 312 g/mol. The van der Waals surface area contributed by atoms with Crippen LogP contribution in [0.4, 0.5) is 5.69 Å². The van der Waals surface area contributed by atoms with Gasteiger partial charge in [0.15, 0.2) is 6.10 Å². The van der Waals surface area contributed by atoms with Gasteiger partial charge in [-0.1, -0.05) is 11.6 Å². The number of nitrogens with one attached hydrogen (secondary N) is 2. The zero-order valence-corrected chi connectivity index (χ0v) is 12.3. The number of aliphatic carboxylic acids is 1. The van der Waals surface area contributed by atoms with E-state index in [-0.39, 0.29) is 13.0 Å². The van der Waals surface area contributed by atoms with Crippen LogP contribution in [0.3, 0.4) is 0 Å². The lowest BCUT2D eigenvalue weighted by Crippen LogP contribution is -2.39. The number of anilines is 1. The van der Waals surface area contributed by atoms with Crippen molar-refractivity contribution >= 4 is 35.1 Å². The second kappa shape index (κ2) is 7.24. The largest absolute Gasteiger partial charge is 0.479 e. The van der Waals surface area contributed by atoms with Crippen LogP contribution in [0.1, 0.15) is 12.8 Å². The topological polar surface area (TPSA) is 105 Å². The minimum Gasteiger partial charge on any atom is -0.479 e. The smallest absolute Gasteiger partial charge is 0.332 e. The molecule has 0 aliphatic carbocycles. The number of hydrogen-bond acceptors (Lipinski definition) is 4. The van der Waals surface area contributed by atoms with Gasteiger partial charge in [-0.15, -0.1) is 0 Å². The molecule has 0 unspecified atom stereocenters. The Morgan fingerprint density at radius 3 is 2.41 bits per heavy atom. The van der Waals surface area contributed by atoms with E-state index in [1.54, 1.807) is 24.3 Å². The average Bonchev–Trinajstić information content (AvgIpc) is 2.97. The number of carbonyl (C=O) groups is 3. The van der Waals surface area contributed by atoms with Gasteiger partial charge in [0.25, 0.3) is 0 Å². The van der Waals surface area contributed by atoms with Crippen LogP contribution in [-0.4, -0.2) is 41.6 Å². The average molecular weight is 327 g/mol. The fraction of sp³-hybridized carbons (Fsp3) is 0.357. The maximum absolute atomic E-state index is 11.8. The molecule has 1 aliphatic heterocycles. The molecule has 1 aromatic rings. The number of ether oxygens (including phenoxy) is 1. The number of benzene rings is 1. The Bertz CT molecular complexity index is 575. The predicted octanol–water partition coefficient (Wildman–Crippen LogP) is 1.03. The zero-order valence-electron chi connectivity index (χ0n) is 11.5. The van der Waals surface area contributed by atoms with Crippen molar-refractivity contribution < 1.29 is 24.2 Å². The molecule has 7 nitrogen and oxygen atoms in total. The van der Waals surface area contributed by atoms with E-state index >= 15 is 0 Å². The van der Waals surface area contributed by atoms with Crippen LogP contribution in [0, 0.1) is 0 Å². The van der Waals surface area contributed by atoms with Crippen molar-refractivity contribution in [3.8, 4) is 0 Å².